The van der Waals surface area contributed by atoms with Gasteiger partial charge in [-0.05, 0) is 58.3 Å². The molecule has 1 aliphatic rings. The van der Waals surface area contributed by atoms with Crippen molar-refractivity contribution in [2.45, 2.75) is 51.5 Å². The quantitative estimate of drug-likeness (QED) is 0.854. The lowest BCUT2D eigenvalue weighted by Gasteiger charge is -2.35. The maximum absolute atomic E-state index is 10.5. The number of hydrogen-bond donors (Lipinski definition) is 1. The average molecular weight is 323 g/mol. The lowest BCUT2D eigenvalue weighted by atomic mass is 9.82. The summed E-state index contributed by atoms with van der Waals surface area (Å²) in [6, 6.07) is 15.4. The van der Waals surface area contributed by atoms with Gasteiger partial charge in [-0.1, -0.05) is 53.9 Å². The summed E-state index contributed by atoms with van der Waals surface area (Å²) in [5.41, 5.74) is 4.86. The second-order valence-electron chi connectivity index (χ2n) is 7.39. The number of hydrogen-bond acceptors (Lipinski definition) is 2. The van der Waals surface area contributed by atoms with Crippen LogP contribution in [0.4, 0.5) is 0 Å². The Kier molecular flexibility index (Phi) is 5.25. The van der Waals surface area contributed by atoms with Crippen LogP contribution in [0.2, 0.25) is 0 Å². The van der Waals surface area contributed by atoms with E-state index < -0.39 is 0 Å². The van der Waals surface area contributed by atoms with Gasteiger partial charge >= 0.3 is 0 Å². The van der Waals surface area contributed by atoms with Crippen LogP contribution >= 0.6 is 0 Å². The molecule has 0 bridgehead atoms. The number of likely N-dealkylation sites (tertiary alicyclic amines) is 1. The smallest absolute Gasteiger partial charge is 0.119 e. The van der Waals surface area contributed by atoms with E-state index in [4.69, 9.17) is 0 Å². The minimum Gasteiger partial charge on any atom is -0.508 e. The topological polar surface area (TPSA) is 23.5 Å². The number of rotatable bonds is 4. The molecule has 0 saturated carbocycles. The summed E-state index contributed by atoms with van der Waals surface area (Å²) >= 11 is 0. The van der Waals surface area contributed by atoms with Crippen LogP contribution in [0.1, 0.15) is 53.9 Å². The van der Waals surface area contributed by atoms with Gasteiger partial charge in [0.2, 0.25) is 0 Å². The highest BCUT2D eigenvalue weighted by Crippen LogP contribution is 2.37. The van der Waals surface area contributed by atoms with Crippen molar-refractivity contribution in [3.05, 3.63) is 64.7 Å². The van der Waals surface area contributed by atoms with Gasteiger partial charge < -0.3 is 10.0 Å². The van der Waals surface area contributed by atoms with E-state index in [1.807, 2.05) is 12.1 Å². The number of nitrogens with zero attached hydrogens (tertiary/aromatic N) is 1. The maximum atomic E-state index is 10.5. The second-order valence-corrected chi connectivity index (χ2v) is 7.39. The van der Waals surface area contributed by atoms with E-state index in [2.05, 4.69) is 56.1 Å². The highest BCUT2D eigenvalue weighted by molar-refractivity contribution is 5.44. The van der Waals surface area contributed by atoms with E-state index in [1.165, 1.54) is 42.5 Å². The molecule has 0 amide bonds. The summed E-state index contributed by atoms with van der Waals surface area (Å²) in [6.07, 6.45) is 4.94. The molecule has 0 aliphatic carbocycles. The number of benzene rings is 2. The van der Waals surface area contributed by atoms with Crippen molar-refractivity contribution < 1.29 is 5.11 Å². The summed E-state index contributed by atoms with van der Waals surface area (Å²) in [6.45, 7) is 5.41. The molecular formula is C22H29NO. The van der Waals surface area contributed by atoms with Crippen LogP contribution in [0.25, 0.3) is 0 Å². The van der Waals surface area contributed by atoms with E-state index >= 15 is 0 Å². The van der Waals surface area contributed by atoms with Gasteiger partial charge in [0.05, 0.1) is 0 Å². The van der Waals surface area contributed by atoms with E-state index in [0.717, 1.165) is 12.0 Å². The Balaban J connectivity index is 1.96. The molecule has 1 aliphatic heterocycles. The number of phenols is 1. The molecule has 0 spiro atoms. The fraction of sp³-hybridized carbons (Fsp3) is 0.455. The molecule has 2 aromatic carbocycles. The van der Waals surface area contributed by atoms with E-state index in [1.54, 1.807) is 0 Å². The molecule has 24 heavy (non-hydrogen) atoms. The maximum Gasteiger partial charge on any atom is 0.119 e. The largest absolute Gasteiger partial charge is 0.508 e. The zero-order valence-corrected chi connectivity index (χ0v) is 15.1. The van der Waals surface area contributed by atoms with Crippen LogP contribution in [0.15, 0.2) is 42.5 Å². The predicted octanol–water partition coefficient (Wildman–Crippen LogP) is 5.02. The Bertz CT molecular complexity index is 677. The SMILES string of the molecule is Cc1ccc(C(CC2CCCCN2C)c2cc(C)ccc2O)cc1. The summed E-state index contributed by atoms with van der Waals surface area (Å²) < 4.78 is 0. The number of piperidine rings is 1. The van der Waals surface area contributed by atoms with Crippen LogP contribution in [0.3, 0.4) is 0 Å². The normalized spacial score (nSPS) is 20.0. The van der Waals surface area contributed by atoms with E-state index in [9.17, 15) is 5.11 Å². The number of aromatic hydroxyl groups is 1. The first-order valence-electron chi connectivity index (χ1n) is 9.11. The Morgan fingerprint density at radius 2 is 1.75 bits per heavy atom. The van der Waals surface area contributed by atoms with Gasteiger partial charge in [-0.3, -0.25) is 0 Å². The van der Waals surface area contributed by atoms with E-state index in [-0.39, 0.29) is 5.92 Å². The molecule has 1 N–H and O–H groups in total. The van der Waals surface area contributed by atoms with Crippen molar-refractivity contribution in [1.29, 1.82) is 0 Å². The van der Waals surface area contributed by atoms with Gasteiger partial charge in [0.1, 0.15) is 5.75 Å². The molecular weight excluding hydrogens is 294 g/mol. The summed E-state index contributed by atoms with van der Waals surface area (Å²) in [5, 5.41) is 10.5. The van der Waals surface area contributed by atoms with Gasteiger partial charge in [0.25, 0.3) is 0 Å². The molecule has 1 saturated heterocycles. The third-order valence-electron chi connectivity index (χ3n) is 5.47. The average Bonchev–Trinajstić information content (AvgIpc) is 2.58. The van der Waals surface area contributed by atoms with Gasteiger partial charge in [-0.25, -0.2) is 0 Å². The molecule has 2 nitrogen and oxygen atoms in total. The van der Waals surface area contributed by atoms with Crippen molar-refractivity contribution in [3.63, 3.8) is 0 Å². The van der Waals surface area contributed by atoms with Crippen LogP contribution in [-0.4, -0.2) is 29.6 Å². The van der Waals surface area contributed by atoms with E-state index in [0.29, 0.717) is 11.8 Å². The summed E-state index contributed by atoms with van der Waals surface area (Å²) in [4.78, 5) is 2.50. The number of aryl methyl sites for hydroxylation is 2. The molecule has 1 heterocycles. The Labute approximate surface area is 146 Å². The standard InChI is InChI=1S/C22H29NO/c1-16-7-10-18(11-8-16)20(15-19-6-4-5-13-23(19)3)21-14-17(2)9-12-22(21)24/h7-12,14,19-20,24H,4-6,13,15H2,1-3H3. The van der Waals surface area contributed by atoms with Gasteiger partial charge in [0.15, 0.2) is 0 Å². The first-order chi connectivity index (χ1) is 11.5. The molecule has 1 fully saturated rings. The van der Waals surface area contributed by atoms with Crippen LogP contribution in [0.5, 0.6) is 5.75 Å². The fourth-order valence-electron chi connectivity index (χ4n) is 3.91. The highest BCUT2D eigenvalue weighted by Gasteiger charge is 2.26. The second kappa shape index (κ2) is 7.40. The van der Waals surface area contributed by atoms with Gasteiger partial charge in [0, 0.05) is 17.5 Å². The summed E-state index contributed by atoms with van der Waals surface area (Å²) in [5.74, 6) is 0.667. The zero-order chi connectivity index (χ0) is 17.1. The molecule has 2 heteroatoms. The highest BCUT2D eigenvalue weighted by atomic mass is 16.3. The van der Waals surface area contributed by atoms with Crippen molar-refractivity contribution in [2.24, 2.45) is 0 Å². The Morgan fingerprint density at radius 3 is 2.46 bits per heavy atom. The molecule has 0 aromatic heterocycles. The third kappa shape index (κ3) is 3.81. The zero-order valence-electron chi connectivity index (χ0n) is 15.1. The molecule has 0 radical (unpaired) electrons. The molecule has 2 unspecified atom stereocenters. The molecule has 2 atom stereocenters. The molecule has 3 rings (SSSR count). The first kappa shape index (κ1) is 17.0. The lowest BCUT2D eigenvalue weighted by molar-refractivity contribution is 0.171. The lowest BCUT2D eigenvalue weighted by Crippen LogP contribution is -2.37. The minimum absolute atomic E-state index is 0.246. The van der Waals surface area contributed by atoms with Crippen LogP contribution in [0, 0.1) is 13.8 Å². The monoisotopic (exact) mass is 323 g/mol. The fourth-order valence-corrected chi connectivity index (χ4v) is 3.91. The molecule has 2 aromatic rings. The molecule has 128 valence electrons. The first-order valence-corrected chi connectivity index (χ1v) is 9.11. The third-order valence-corrected chi connectivity index (χ3v) is 5.47. The Hall–Kier alpha value is -1.80. The summed E-state index contributed by atoms with van der Waals surface area (Å²) in [7, 11) is 2.24. The van der Waals surface area contributed by atoms with Crippen molar-refractivity contribution >= 4 is 0 Å². The predicted molar refractivity (Wildman–Crippen MR) is 101 cm³/mol. The van der Waals surface area contributed by atoms with Gasteiger partial charge in [-0.2, -0.15) is 0 Å². The number of phenolic OH excluding ortho intramolecular Hbond substituents is 1. The van der Waals surface area contributed by atoms with Crippen LogP contribution < -0.4 is 0 Å². The van der Waals surface area contributed by atoms with Crippen molar-refractivity contribution in [3.8, 4) is 5.75 Å². The minimum atomic E-state index is 0.246. The Morgan fingerprint density at radius 1 is 1.04 bits per heavy atom. The van der Waals surface area contributed by atoms with Crippen molar-refractivity contribution in [2.75, 3.05) is 13.6 Å². The van der Waals surface area contributed by atoms with Crippen molar-refractivity contribution in [1.82, 2.24) is 4.90 Å². The van der Waals surface area contributed by atoms with Crippen LogP contribution in [-0.2, 0) is 0 Å². The van der Waals surface area contributed by atoms with Gasteiger partial charge in [-0.15, -0.1) is 0 Å².